The van der Waals surface area contributed by atoms with E-state index in [-0.39, 0.29) is 12.5 Å². The summed E-state index contributed by atoms with van der Waals surface area (Å²) in [5.74, 6) is 0.619. The maximum atomic E-state index is 12.8. The Labute approximate surface area is 187 Å². The Morgan fingerprint density at radius 1 is 0.906 bits per heavy atom. The van der Waals surface area contributed by atoms with Crippen molar-refractivity contribution >= 4 is 28.3 Å². The zero-order chi connectivity index (χ0) is 22.8. The van der Waals surface area contributed by atoms with Crippen molar-refractivity contribution in [2.75, 3.05) is 23.8 Å². The number of nitrogens with zero attached hydrogens (tertiary/aromatic N) is 1. The third-order valence-electron chi connectivity index (χ3n) is 5.72. The van der Waals surface area contributed by atoms with Crippen molar-refractivity contribution in [3.63, 3.8) is 0 Å². The number of aliphatic hydroxyl groups is 1. The Morgan fingerprint density at radius 3 is 2.31 bits per heavy atom. The Balaban J connectivity index is 1.62. The first-order chi connectivity index (χ1) is 15.4. The van der Waals surface area contributed by atoms with Crippen LogP contribution in [0.5, 0.6) is 0 Å². The molecular formula is C26H28N4O2. The van der Waals surface area contributed by atoms with Gasteiger partial charge in [0.2, 0.25) is 0 Å². The molecule has 0 saturated carbocycles. The zero-order valence-electron chi connectivity index (χ0n) is 18.8. The van der Waals surface area contributed by atoms with Crippen LogP contribution in [0.3, 0.4) is 0 Å². The highest BCUT2D eigenvalue weighted by molar-refractivity contribution is 6.06. The van der Waals surface area contributed by atoms with E-state index in [0.717, 1.165) is 50.5 Å². The molecule has 0 fully saturated rings. The molecule has 3 aromatic carbocycles. The second kappa shape index (κ2) is 8.85. The maximum Gasteiger partial charge on any atom is 0.255 e. The number of aromatic amines is 1. The summed E-state index contributed by atoms with van der Waals surface area (Å²) < 4.78 is 0. The number of amides is 1. The lowest BCUT2D eigenvalue weighted by Crippen LogP contribution is -2.11. The SMILES string of the molecule is Cc1ccc(NC(=O)c2ccc3nc(-c4c(C)cc(NCCO)cc4C)[nH]c3c2)cc1C. The van der Waals surface area contributed by atoms with E-state index in [4.69, 9.17) is 10.1 Å². The summed E-state index contributed by atoms with van der Waals surface area (Å²) >= 11 is 0. The van der Waals surface area contributed by atoms with Crippen LogP contribution in [-0.2, 0) is 0 Å². The monoisotopic (exact) mass is 428 g/mol. The molecule has 4 rings (SSSR count). The second-order valence-electron chi connectivity index (χ2n) is 8.21. The van der Waals surface area contributed by atoms with Crippen LogP contribution < -0.4 is 10.6 Å². The van der Waals surface area contributed by atoms with Gasteiger partial charge >= 0.3 is 0 Å². The maximum absolute atomic E-state index is 12.8. The minimum atomic E-state index is -0.155. The molecule has 6 nitrogen and oxygen atoms in total. The molecule has 164 valence electrons. The van der Waals surface area contributed by atoms with Gasteiger partial charge in [0.25, 0.3) is 5.91 Å². The summed E-state index contributed by atoms with van der Waals surface area (Å²) in [4.78, 5) is 20.9. The van der Waals surface area contributed by atoms with E-state index < -0.39 is 0 Å². The van der Waals surface area contributed by atoms with Crippen molar-refractivity contribution in [3.8, 4) is 11.4 Å². The molecule has 1 aromatic heterocycles. The lowest BCUT2D eigenvalue weighted by molar-refractivity contribution is 0.102. The number of carbonyl (C=O) groups excluding carboxylic acids is 1. The van der Waals surface area contributed by atoms with Crippen molar-refractivity contribution in [2.24, 2.45) is 0 Å². The minimum absolute atomic E-state index is 0.0862. The van der Waals surface area contributed by atoms with E-state index >= 15 is 0 Å². The number of hydrogen-bond acceptors (Lipinski definition) is 4. The van der Waals surface area contributed by atoms with Crippen LogP contribution >= 0.6 is 0 Å². The Kier molecular flexibility index (Phi) is 5.97. The molecule has 4 aromatic rings. The van der Waals surface area contributed by atoms with E-state index in [1.165, 1.54) is 5.56 Å². The molecule has 0 radical (unpaired) electrons. The number of anilines is 2. The number of aryl methyl sites for hydroxylation is 4. The number of imidazole rings is 1. The molecular weight excluding hydrogens is 400 g/mol. The first-order valence-electron chi connectivity index (χ1n) is 10.7. The van der Waals surface area contributed by atoms with E-state index in [9.17, 15) is 4.79 Å². The Hall–Kier alpha value is -3.64. The number of nitrogens with one attached hydrogen (secondary N) is 3. The standard InChI is InChI=1S/C26H28N4O2/c1-15-5-7-20(11-16(15)2)28-26(32)19-6-8-22-23(14-19)30-25(29-22)24-17(3)12-21(13-18(24)4)27-9-10-31/h5-8,11-14,27,31H,9-10H2,1-4H3,(H,28,32)(H,29,30). The molecule has 1 amide bonds. The molecule has 0 aliphatic carbocycles. The average Bonchev–Trinajstić information content (AvgIpc) is 3.17. The molecule has 0 bridgehead atoms. The van der Waals surface area contributed by atoms with Crippen LogP contribution in [0, 0.1) is 27.7 Å². The summed E-state index contributed by atoms with van der Waals surface area (Å²) in [7, 11) is 0. The van der Waals surface area contributed by atoms with Gasteiger partial charge in [-0.05, 0) is 92.4 Å². The molecule has 32 heavy (non-hydrogen) atoms. The summed E-state index contributed by atoms with van der Waals surface area (Å²) in [6, 6.07) is 15.5. The fraction of sp³-hybridized carbons (Fsp3) is 0.231. The van der Waals surface area contributed by atoms with Crippen molar-refractivity contribution < 1.29 is 9.90 Å². The van der Waals surface area contributed by atoms with E-state index in [1.807, 2.05) is 70.2 Å². The average molecular weight is 429 g/mol. The smallest absolute Gasteiger partial charge is 0.255 e. The first kappa shape index (κ1) is 21.6. The van der Waals surface area contributed by atoms with Gasteiger partial charge < -0.3 is 20.7 Å². The number of aliphatic hydroxyl groups excluding tert-OH is 1. The van der Waals surface area contributed by atoms with Gasteiger partial charge in [0.05, 0.1) is 17.6 Å². The Morgan fingerprint density at radius 2 is 1.62 bits per heavy atom. The first-order valence-corrected chi connectivity index (χ1v) is 10.7. The van der Waals surface area contributed by atoms with Crippen molar-refractivity contribution in [2.45, 2.75) is 27.7 Å². The van der Waals surface area contributed by atoms with E-state index in [0.29, 0.717) is 12.1 Å². The predicted octanol–water partition coefficient (Wildman–Crippen LogP) is 5.12. The van der Waals surface area contributed by atoms with E-state index in [2.05, 4.69) is 15.6 Å². The van der Waals surface area contributed by atoms with Gasteiger partial charge in [0.15, 0.2) is 0 Å². The number of fused-ring (bicyclic) bond motifs is 1. The third kappa shape index (κ3) is 4.36. The lowest BCUT2D eigenvalue weighted by Gasteiger charge is -2.12. The van der Waals surface area contributed by atoms with Crippen molar-refractivity contribution in [1.29, 1.82) is 0 Å². The number of rotatable bonds is 6. The fourth-order valence-electron chi connectivity index (χ4n) is 3.93. The van der Waals surface area contributed by atoms with Gasteiger partial charge in [-0.2, -0.15) is 0 Å². The number of aromatic nitrogens is 2. The molecule has 0 aliphatic heterocycles. The fourth-order valence-corrected chi connectivity index (χ4v) is 3.93. The number of hydrogen-bond donors (Lipinski definition) is 4. The summed E-state index contributed by atoms with van der Waals surface area (Å²) in [6.45, 7) is 8.76. The molecule has 6 heteroatoms. The second-order valence-corrected chi connectivity index (χ2v) is 8.21. The Bertz CT molecular complexity index is 1280. The molecule has 1 heterocycles. The van der Waals surface area contributed by atoms with Crippen molar-refractivity contribution in [1.82, 2.24) is 9.97 Å². The molecule has 0 saturated heterocycles. The van der Waals surface area contributed by atoms with Gasteiger partial charge in [-0.1, -0.05) is 6.07 Å². The topological polar surface area (TPSA) is 90.0 Å². The summed E-state index contributed by atoms with van der Waals surface area (Å²) in [6.07, 6.45) is 0. The summed E-state index contributed by atoms with van der Waals surface area (Å²) in [5.41, 5.74) is 9.48. The largest absolute Gasteiger partial charge is 0.395 e. The zero-order valence-corrected chi connectivity index (χ0v) is 18.8. The van der Waals surface area contributed by atoms with Crippen LogP contribution in [-0.4, -0.2) is 34.1 Å². The minimum Gasteiger partial charge on any atom is -0.395 e. The highest BCUT2D eigenvalue weighted by Gasteiger charge is 2.14. The van der Waals surface area contributed by atoms with Gasteiger partial charge in [-0.25, -0.2) is 4.98 Å². The molecule has 4 N–H and O–H groups in total. The number of benzene rings is 3. The van der Waals surface area contributed by atoms with Crippen molar-refractivity contribution in [3.05, 3.63) is 76.3 Å². The van der Waals surface area contributed by atoms with Gasteiger partial charge in [-0.3, -0.25) is 4.79 Å². The molecule has 0 atom stereocenters. The van der Waals surface area contributed by atoms with Gasteiger partial charge in [-0.15, -0.1) is 0 Å². The predicted molar refractivity (Wildman–Crippen MR) is 130 cm³/mol. The quantitative estimate of drug-likeness (QED) is 0.343. The van der Waals surface area contributed by atoms with E-state index in [1.54, 1.807) is 6.07 Å². The highest BCUT2D eigenvalue weighted by Crippen LogP contribution is 2.30. The molecule has 0 unspecified atom stereocenters. The highest BCUT2D eigenvalue weighted by atomic mass is 16.3. The summed E-state index contributed by atoms with van der Waals surface area (Å²) in [5, 5.41) is 15.2. The molecule has 0 spiro atoms. The van der Waals surface area contributed by atoms with Gasteiger partial charge in [0, 0.05) is 29.0 Å². The number of carbonyl (C=O) groups is 1. The lowest BCUT2D eigenvalue weighted by atomic mass is 10.0. The van der Waals surface area contributed by atoms with Crippen LogP contribution in [0.2, 0.25) is 0 Å². The van der Waals surface area contributed by atoms with Crippen LogP contribution in [0.4, 0.5) is 11.4 Å². The van der Waals surface area contributed by atoms with Crippen LogP contribution in [0.25, 0.3) is 22.4 Å². The molecule has 0 aliphatic rings. The van der Waals surface area contributed by atoms with Gasteiger partial charge in [0.1, 0.15) is 5.82 Å². The third-order valence-corrected chi connectivity index (χ3v) is 5.72. The number of H-pyrrole nitrogens is 1. The van der Waals surface area contributed by atoms with Crippen LogP contribution in [0.15, 0.2) is 48.5 Å². The normalized spacial score (nSPS) is 11.0. The van der Waals surface area contributed by atoms with Crippen LogP contribution in [0.1, 0.15) is 32.6 Å².